The van der Waals surface area contributed by atoms with Gasteiger partial charge in [-0.15, -0.1) is 0 Å². The van der Waals surface area contributed by atoms with Crippen LogP contribution in [0.15, 0.2) is 48.5 Å². The number of unbranched alkanes of at least 4 members (excludes halogenated alkanes) is 3. The van der Waals surface area contributed by atoms with Gasteiger partial charge in [0.05, 0.1) is 5.92 Å². The van der Waals surface area contributed by atoms with Crippen LogP contribution in [0.4, 0.5) is 11.4 Å². The molecule has 1 saturated carbocycles. The minimum Gasteiger partial charge on any atom is -0.458 e. The van der Waals surface area contributed by atoms with Gasteiger partial charge in [-0.3, -0.25) is 4.79 Å². The third kappa shape index (κ3) is 8.78. The molecule has 6 nitrogen and oxygen atoms in total. The topological polar surface area (TPSA) is 105 Å². The van der Waals surface area contributed by atoms with Crippen LogP contribution in [0.3, 0.4) is 0 Å². The molecule has 4 N–H and O–H groups in total. The highest BCUT2D eigenvalue weighted by Gasteiger charge is 2.27. The fraction of sp³-hybridized carbons (Fsp3) is 0.448. The fourth-order valence-electron chi connectivity index (χ4n) is 4.50. The third-order valence-corrected chi connectivity index (χ3v) is 6.70. The summed E-state index contributed by atoms with van der Waals surface area (Å²) >= 11 is 0. The molecule has 0 amide bonds. The van der Waals surface area contributed by atoms with Crippen molar-refractivity contribution in [3.8, 4) is 5.75 Å². The monoisotopic (exact) mass is 478 g/mol. The first-order valence-corrected chi connectivity index (χ1v) is 12.7. The first kappa shape index (κ1) is 26.3. The lowest BCUT2D eigenvalue weighted by Gasteiger charge is -2.27. The summed E-state index contributed by atoms with van der Waals surface area (Å²) in [7, 11) is 0. The predicted octanol–water partition coefficient (Wildman–Crippen LogP) is 6.29. The Kier molecular flexibility index (Phi) is 10.2. The largest absolute Gasteiger partial charge is 0.458 e. The summed E-state index contributed by atoms with van der Waals surface area (Å²) in [6.45, 7) is 2.31. The number of benzene rings is 2. The van der Waals surface area contributed by atoms with Crippen molar-refractivity contribution in [3.05, 3.63) is 59.7 Å². The van der Waals surface area contributed by atoms with Crippen molar-refractivity contribution in [3.63, 3.8) is 0 Å². The lowest BCUT2D eigenvalue weighted by molar-refractivity contribution is -0.140. The zero-order valence-electron chi connectivity index (χ0n) is 20.7. The van der Waals surface area contributed by atoms with E-state index in [0.29, 0.717) is 22.7 Å². The molecule has 0 spiro atoms. The summed E-state index contributed by atoms with van der Waals surface area (Å²) in [6.07, 6.45) is 13.6. The van der Waals surface area contributed by atoms with Crippen molar-refractivity contribution >= 4 is 29.4 Å². The highest BCUT2D eigenvalue weighted by molar-refractivity contribution is 5.87. The maximum atomic E-state index is 12.6. The van der Waals surface area contributed by atoms with Crippen LogP contribution in [0, 0.1) is 11.8 Å². The lowest BCUT2D eigenvalue weighted by atomic mass is 9.80. The molecule has 0 atom stereocenters. The summed E-state index contributed by atoms with van der Waals surface area (Å²) in [5.41, 5.74) is 14.1. The maximum absolute atomic E-state index is 12.6. The van der Waals surface area contributed by atoms with Crippen LogP contribution in [0.1, 0.15) is 75.8 Å². The molecule has 1 fully saturated rings. The highest BCUT2D eigenvalue weighted by Crippen LogP contribution is 2.33. The van der Waals surface area contributed by atoms with Crippen LogP contribution >= 0.6 is 0 Å². The number of nitrogens with two attached hydrogens (primary N) is 2. The van der Waals surface area contributed by atoms with Gasteiger partial charge in [-0.2, -0.15) is 0 Å². The summed E-state index contributed by atoms with van der Waals surface area (Å²) in [6, 6.07) is 12.2. The van der Waals surface area contributed by atoms with E-state index in [1.54, 1.807) is 48.5 Å². The number of anilines is 2. The molecule has 188 valence electrons. The average molecular weight is 479 g/mol. The smallest absolute Gasteiger partial charge is 0.331 e. The maximum Gasteiger partial charge on any atom is 0.331 e. The van der Waals surface area contributed by atoms with Gasteiger partial charge in [-0.05, 0) is 67.5 Å². The van der Waals surface area contributed by atoms with Crippen LogP contribution in [-0.4, -0.2) is 11.9 Å². The number of hydrogen-bond acceptors (Lipinski definition) is 6. The minimum atomic E-state index is -0.474. The van der Waals surface area contributed by atoms with Crippen LogP contribution in [-0.2, 0) is 20.9 Å². The van der Waals surface area contributed by atoms with Crippen LogP contribution in [0.25, 0.3) is 6.08 Å². The first-order chi connectivity index (χ1) is 16.9. The number of nitrogen functional groups attached to an aromatic ring is 2. The summed E-state index contributed by atoms with van der Waals surface area (Å²) in [4.78, 5) is 24.6. The van der Waals surface area contributed by atoms with Gasteiger partial charge in [-0.1, -0.05) is 57.2 Å². The van der Waals surface area contributed by atoms with Crippen molar-refractivity contribution < 1.29 is 19.1 Å². The number of rotatable bonds is 11. The number of hydrogen-bond donors (Lipinski definition) is 2. The molecule has 0 heterocycles. The number of ether oxygens (including phenoxy) is 2. The zero-order chi connectivity index (χ0) is 25.0. The predicted molar refractivity (Wildman–Crippen MR) is 140 cm³/mol. The van der Waals surface area contributed by atoms with Crippen molar-refractivity contribution in [2.24, 2.45) is 11.8 Å². The number of carbonyl (C=O) groups is 2. The Bertz CT molecular complexity index is 992. The molecule has 0 radical (unpaired) electrons. The summed E-state index contributed by atoms with van der Waals surface area (Å²) in [5.74, 6) is 0.667. The lowest BCUT2D eigenvalue weighted by Crippen LogP contribution is -2.25. The Morgan fingerprint density at radius 1 is 0.971 bits per heavy atom. The number of esters is 2. The standard InChI is InChI=1S/C29H38N2O4/c1-2-3-4-5-6-21-7-12-23(13-8-21)29(33)35-26-16-9-22(10-17-26)11-18-28(32)34-20-24-14-15-25(30)19-27(24)31/h9-11,14-19,21,23H,2-8,12-13,20,30-31H2,1H3/b18-11+. The molecule has 0 aliphatic heterocycles. The Morgan fingerprint density at radius 2 is 1.71 bits per heavy atom. The van der Waals surface area contributed by atoms with Crippen LogP contribution in [0.5, 0.6) is 5.75 Å². The van der Waals surface area contributed by atoms with Gasteiger partial charge >= 0.3 is 11.9 Å². The second-order valence-electron chi connectivity index (χ2n) is 9.46. The number of carbonyl (C=O) groups excluding carboxylic acids is 2. The Morgan fingerprint density at radius 3 is 2.40 bits per heavy atom. The first-order valence-electron chi connectivity index (χ1n) is 12.7. The Balaban J connectivity index is 1.39. The normalized spacial score (nSPS) is 17.9. The van der Waals surface area contributed by atoms with E-state index in [0.717, 1.165) is 37.2 Å². The molecular formula is C29H38N2O4. The van der Waals surface area contributed by atoms with E-state index in [9.17, 15) is 9.59 Å². The van der Waals surface area contributed by atoms with Gasteiger partial charge in [0.1, 0.15) is 12.4 Å². The molecule has 1 aliphatic rings. The summed E-state index contributed by atoms with van der Waals surface area (Å²) in [5, 5.41) is 0. The van der Waals surface area contributed by atoms with E-state index in [1.807, 2.05) is 0 Å². The van der Waals surface area contributed by atoms with Crippen LogP contribution in [0.2, 0.25) is 0 Å². The average Bonchev–Trinajstić information content (AvgIpc) is 2.86. The second-order valence-corrected chi connectivity index (χ2v) is 9.46. The fourth-order valence-corrected chi connectivity index (χ4v) is 4.50. The van der Waals surface area contributed by atoms with E-state index in [1.165, 1.54) is 38.2 Å². The van der Waals surface area contributed by atoms with E-state index >= 15 is 0 Å². The molecule has 0 unspecified atom stereocenters. The molecular weight excluding hydrogens is 440 g/mol. The van der Waals surface area contributed by atoms with Crippen molar-refractivity contribution in [2.45, 2.75) is 71.3 Å². The van der Waals surface area contributed by atoms with E-state index < -0.39 is 5.97 Å². The Hall–Kier alpha value is -3.28. The SMILES string of the molecule is CCCCCCC1CCC(C(=O)Oc2ccc(/C=C/C(=O)OCc3ccc(N)cc3N)cc2)CC1. The molecule has 2 aromatic carbocycles. The van der Waals surface area contributed by atoms with Gasteiger partial charge in [0.2, 0.25) is 0 Å². The van der Waals surface area contributed by atoms with Gasteiger partial charge in [0, 0.05) is 23.0 Å². The van der Waals surface area contributed by atoms with Gasteiger partial charge in [-0.25, -0.2) is 4.79 Å². The van der Waals surface area contributed by atoms with E-state index in [4.69, 9.17) is 20.9 Å². The minimum absolute atomic E-state index is 0.00803. The molecule has 0 aromatic heterocycles. The highest BCUT2D eigenvalue weighted by atomic mass is 16.5. The summed E-state index contributed by atoms with van der Waals surface area (Å²) < 4.78 is 10.9. The molecule has 0 bridgehead atoms. The third-order valence-electron chi connectivity index (χ3n) is 6.70. The molecule has 1 aliphatic carbocycles. The van der Waals surface area contributed by atoms with Gasteiger partial charge < -0.3 is 20.9 Å². The second kappa shape index (κ2) is 13.6. The van der Waals surface area contributed by atoms with Crippen molar-refractivity contribution in [1.82, 2.24) is 0 Å². The molecule has 3 rings (SSSR count). The van der Waals surface area contributed by atoms with Gasteiger partial charge in [0.15, 0.2) is 0 Å². The molecule has 35 heavy (non-hydrogen) atoms. The molecule has 2 aromatic rings. The van der Waals surface area contributed by atoms with Crippen molar-refractivity contribution in [1.29, 1.82) is 0 Å². The quantitative estimate of drug-likeness (QED) is 0.129. The van der Waals surface area contributed by atoms with Crippen molar-refractivity contribution in [2.75, 3.05) is 11.5 Å². The van der Waals surface area contributed by atoms with E-state index in [-0.39, 0.29) is 18.5 Å². The van der Waals surface area contributed by atoms with E-state index in [2.05, 4.69) is 6.92 Å². The van der Waals surface area contributed by atoms with Gasteiger partial charge in [0.25, 0.3) is 0 Å². The molecule has 0 saturated heterocycles. The Labute approximate surface area is 208 Å². The van der Waals surface area contributed by atoms with Crippen LogP contribution < -0.4 is 16.2 Å². The zero-order valence-corrected chi connectivity index (χ0v) is 20.7. The molecule has 6 heteroatoms.